The van der Waals surface area contributed by atoms with Crippen molar-refractivity contribution in [3.05, 3.63) is 78.1 Å². The molecule has 3 aromatic rings. The van der Waals surface area contributed by atoms with Crippen molar-refractivity contribution in [2.45, 2.75) is 6.92 Å². The predicted octanol–water partition coefficient (Wildman–Crippen LogP) is 4.09. The molecular formula is C24H24N2O4. The normalized spacial score (nSPS) is 13.9. The molecule has 2 aromatic carbocycles. The summed E-state index contributed by atoms with van der Waals surface area (Å²) in [6.45, 7) is 4.77. The molecule has 0 atom stereocenters. The van der Waals surface area contributed by atoms with Crippen molar-refractivity contribution in [1.82, 2.24) is 4.90 Å². The molecule has 0 spiro atoms. The number of benzene rings is 2. The average molecular weight is 404 g/mol. The van der Waals surface area contributed by atoms with Crippen LogP contribution in [0.2, 0.25) is 0 Å². The Hall–Kier alpha value is -3.54. The maximum atomic E-state index is 12.7. The number of piperazine rings is 1. The van der Waals surface area contributed by atoms with E-state index in [9.17, 15) is 9.59 Å². The maximum Gasteiger partial charge on any atom is 0.338 e. The molecule has 154 valence electrons. The second kappa shape index (κ2) is 8.86. The Morgan fingerprint density at radius 1 is 0.933 bits per heavy atom. The molecule has 1 aromatic heterocycles. The summed E-state index contributed by atoms with van der Waals surface area (Å²) >= 11 is 0. The zero-order chi connectivity index (χ0) is 20.9. The Morgan fingerprint density at radius 3 is 2.37 bits per heavy atom. The fourth-order valence-corrected chi connectivity index (χ4v) is 3.70. The van der Waals surface area contributed by atoms with Crippen LogP contribution in [0.1, 0.15) is 27.6 Å². The van der Waals surface area contributed by atoms with Gasteiger partial charge in [-0.3, -0.25) is 4.79 Å². The highest BCUT2D eigenvalue weighted by atomic mass is 16.5. The van der Waals surface area contributed by atoms with Crippen LogP contribution < -0.4 is 4.90 Å². The van der Waals surface area contributed by atoms with Gasteiger partial charge in [0.25, 0.3) is 5.91 Å². The lowest BCUT2D eigenvalue weighted by atomic mass is 10.0. The van der Waals surface area contributed by atoms with E-state index in [-0.39, 0.29) is 11.9 Å². The summed E-state index contributed by atoms with van der Waals surface area (Å²) in [5, 5.41) is 0. The van der Waals surface area contributed by atoms with Gasteiger partial charge in [0, 0.05) is 43.0 Å². The smallest absolute Gasteiger partial charge is 0.338 e. The van der Waals surface area contributed by atoms with Crippen molar-refractivity contribution in [2.75, 3.05) is 37.7 Å². The van der Waals surface area contributed by atoms with E-state index in [2.05, 4.69) is 4.90 Å². The van der Waals surface area contributed by atoms with Crippen LogP contribution in [0.25, 0.3) is 11.3 Å². The van der Waals surface area contributed by atoms with Gasteiger partial charge in [0.15, 0.2) is 0 Å². The summed E-state index contributed by atoms with van der Waals surface area (Å²) in [5.41, 5.74) is 3.02. The molecule has 1 aliphatic heterocycles. The zero-order valence-electron chi connectivity index (χ0n) is 16.9. The van der Waals surface area contributed by atoms with Gasteiger partial charge in [-0.15, -0.1) is 0 Å². The minimum Gasteiger partial charge on any atom is -0.464 e. The standard InChI is InChI=1S/C24H24N2O4/c1-2-29-24(28)19-10-11-21(20(17-19)22-9-6-16-30-22)25-12-14-26(15-13-25)23(27)18-7-4-3-5-8-18/h3-11,16-17H,2,12-15H2,1H3. The van der Waals surface area contributed by atoms with E-state index in [1.807, 2.05) is 59.5 Å². The van der Waals surface area contributed by atoms with E-state index in [1.165, 1.54) is 0 Å². The van der Waals surface area contributed by atoms with Gasteiger partial charge in [0.05, 0.1) is 18.4 Å². The van der Waals surface area contributed by atoms with Gasteiger partial charge in [-0.25, -0.2) is 4.79 Å². The Balaban J connectivity index is 1.54. The molecule has 0 unspecified atom stereocenters. The Bertz CT molecular complexity index is 1010. The molecule has 6 heteroatoms. The number of anilines is 1. The number of carbonyl (C=O) groups is 2. The van der Waals surface area contributed by atoms with Crippen LogP contribution in [-0.4, -0.2) is 49.6 Å². The first-order valence-electron chi connectivity index (χ1n) is 10.1. The molecule has 0 aliphatic carbocycles. The maximum absolute atomic E-state index is 12.7. The van der Waals surface area contributed by atoms with Gasteiger partial charge in [-0.2, -0.15) is 0 Å². The number of amides is 1. The molecule has 1 aliphatic rings. The summed E-state index contributed by atoms with van der Waals surface area (Å²) in [6.07, 6.45) is 1.62. The van der Waals surface area contributed by atoms with Crippen LogP contribution in [-0.2, 0) is 4.74 Å². The van der Waals surface area contributed by atoms with Crippen LogP contribution in [0.3, 0.4) is 0 Å². The first-order valence-corrected chi connectivity index (χ1v) is 10.1. The second-order valence-electron chi connectivity index (χ2n) is 7.07. The van der Waals surface area contributed by atoms with E-state index in [0.717, 1.165) is 11.3 Å². The lowest BCUT2D eigenvalue weighted by molar-refractivity contribution is 0.0526. The molecule has 6 nitrogen and oxygen atoms in total. The molecule has 1 fully saturated rings. The minimum absolute atomic E-state index is 0.0548. The highest BCUT2D eigenvalue weighted by Crippen LogP contribution is 2.33. The summed E-state index contributed by atoms with van der Waals surface area (Å²) in [6, 6.07) is 18.6. The van der Waals surface area contributed by atoms with Crippen molar-refractivity contribution in [3.63, 3.8) is 0 Å². The Morgan fingerprint density at radius 2 is 1.70 bits per heavy atom. The molecule has 30 heavy (non-hydrogen) atoms. The van der Waals surface area contributed by atoms with Crippen LogP contribution in [0, 0.1) is 0 Å². The highest BCUT2D eigenvalue weighted by molar-refractivity contribution is 5.95. The molecule has 4 rings (SSSR count). The third-order valence-electron chi connectivity index (χ3n) is 5.22. The summed E-state index contributed by atoms with van der Waals surface area (Å²) < 4.78 is 10.8. The number of hydrogen-bond acceptors (Lipinski definition) is 5. The molecular weight excluding hydrogens is 380 g/mol. The minimum atomic E-state index is -0.352. The fraction of sp³-hybridized carbons (Fsp3) is 0.250. The van der Waals surface area contributed by atoms with Gasteiger partial charge in [0.2, 0.25) is 0 Å². The largest absolute Gasteiger partial charge is 0.464 e. The van der Waals surface area contributed by atoms with E-state index < -0.39 is 0 Å². The molecule has 0 N–H and O–H groups in total. The summed E-state index contributed by atoms with van der Waals surface area (Å²) in [7, 11) is 0. The van der Waals surface area contributed by atoms with Gasteiger partial charge < -0.3 is 19.0 Å². The number of ether oxygens (including phenoxy) is 1. The van der Waals surface area contributed by atoms with Gasteiger partial charge in [-0.05, 0) is 49.4 Å². The van der Waals surface area contributed by atoms with Crippen molar-refractivity contribution in [1.29, 1.82) is 0 Å². The van der Waals surface area contributed by atoms with E-state index >= 15 is 0 Å². The van der Waals surface area contributed by atoms with E-state index in [1.54, 1.807) is 19.3 Å². The topological polar surface area (TPSA) is 63.0 Å². The molecule has 0 bridgehead atoms. The monoisotopic (exact) mass is 404 g/mol. The number of rotatable bonds is 5. The lowest BCUT2D eigenvalue weighted by Gasteiger charge is -2.37. The van der Waals surface area contributed by atoms with Gasteiger partial charge in [-0.1, -0.05) is 18.2 Å². The quantitative estimate of drug-likeness (QED) is 0.600. The van der Waals surface area contributed by atoms with E-state index in [0.29, 0.717) is 49.7 Å². The second-order valence-corrected chi connectivity index (χ2v) is 7.07. The number of esters is 1. The predicted molar refractivity (Wildman–Crippen MR) is 115 cm³/mol. The van der Waals surface area contributed by atoms with Crippen molar-refractivity contribution >= 4 is 17.6 Å². The van der Waals surface area contributed by atoms with Crippen molar-refractivity contribution in [2.24, 2.45) is 0 Å². The van der Waals surface area contributed by atoms with Crippen molar-refractivity contribution < 1.29 is 18.7 Å². The van der Waals surface area contributed by atoms with Gasteiger partial charge >= 0.3 is 5.97 Å². The Labute approximate surface area is 175 Å². The number of carbonyl (C=O) groups excluding carboxylic acids is 2. The molecule has 0 saturated carbocycles. The molecule has 0 radical (unpaired) electrons. The fourth-order valence-electron chi connectivity index (χ4n) is 3.70. The zero-order valence-corrected chi connectivity index (χ0v) is 16.9. The third kappa shape index (κ3) is 4.08. The average Bonchev–Trinajstić information content (AvgIpc) is 3.34. The SMILES string of the molecule is CCOC(=O)c1ccc(N2CCN(C(=O)c3ccccc3)CC2)c(-c2ccco2)c1. The van der Waals surface area contributed by atoms with E-state index in [4.69, 9.17) is 9.15 Å². The number of nitrogens with zero attached hydrogens (tertiary/aromatic N) is 2. The number of hydrogen-bond donors (Lipinski definition) is 0. The van der Waals surface area contributed by atoms with Crippen LogP contribution in [0.4, 0.5) is 5.69 Å². The molecule has 2 heterocycles. The number of furan rings is 1. The van der Waals surface area contributed by atoms with Crippen LogP contribution >= 0.6 is 0 Å². The third-order valence-corrected chi connectivity index (χ3v) is 5.22. The lowest BCUT2D eigenvalue weighted by Crippen LogP contribution is -2.49. The van der Waals surface area contributed by atoms with Crippen LogP contribution in [0.5, 0.6) is 0 Å². The van der Waals surface area contributed by atoms with Crippen LogP contribution in [0.15, 0.2) is 71.3 Å². The van der Waals surface area contributed by atoms with Gasteiger partial charge in [0.1, 0.15) is 5.76 Å². The highest BCUT2D eigenvalue weighted by Gasteiger charge is 2.25. The first-order chi connectivity index (χ1) is 14.7. The molecule has 1 saturated heterocycles. The summed E-state index contributed by atoms with van der Waals surface area (Å²) in [5.74, 6) is 0.397. The van der Waals surface area contributed by atoms with Crippen molar-refractivity contribution in [3.8, 4) is 11.3 Å². The first kappa shape index (κ1) is 19.8. The summed E-state index contributed by atoms with van der Waals surface area (Å²) in [4.78, 5) is 29.0. The Kier molecular flexibility index (Phi) is 5.84. The molecule has 1 amide bonds.